The lowest BCUT2D eigenvalue weighted by Crippen LogP contribution is -2.48. The molecule has 5 rings (SSSR count). The van der Waals surface area contributed by atoms with Crippen molar-refractivity contribution in [3.63, 3.8) is 0 Å². The number of piperazine rings is 1. The van der Waals surface area contributed by atoms with Crippen molar-refractivity contribution in [2.75, 3.05) is 56.6 Å². The van der Waals surface area contributed by atoms with Gasteiger partial charge in [-0.3, -0.25) is 14.7 Å². The van der Waals surface area contributed by atoms with E-state index in [4.69, 9.17) is 4.74 Å². The fourth-order valence-corrected chi connectivity index (χ4v) is 4.63. The summed E-state index contributed by atoms with van der Waals surface area (Å²) in [6, 6.07) is 16.9. The van der Waals surface area contributed by atoms with Crippen molar-refractivity contribution in [1.29, 1.82) is 0 Å². The fraction of sp³-hybridized carbons (Fsp3) is 0.360. The Hall–Kier alpha value is -3.16. The van der Waals surface area contributed by atoms with Gasteiger partial charge in [0.15, 0.2) is 6.61 Å². The molecule has 2 aliphatic heterocycles. The Balaban J connectivity index is 1.26. The number of carbonyl (C=O) groups is 1. The van der Waals surface area contributed by atoms with Gasteiger partial charge in [-0.05, 0) is 55.9 Å². The van der Waals surface area contributed by atoms with Crippen LogP contribution in [0.1, 0.15) is 17.3 Å². The molecular weight excluding hydrogens is 402 g/mol. The maximum atomic E-state index is 11.7. The third-order valence-corrected chi connectivity index (χ3v) is 6.39. The fourth-order valence-electron chi connectivity index (χ4n) is 4.63. The molecule has 0 spiro atoms. The van der Waals surface area contributed by atoms with Crippen LogP contribution in [0, 0.1) is 6.92 Å². The minimum atomic E-state index is -0.106. The molecule has 2 N–H and O–H groups in total. The first-order chi connectivity index (χ1) is 15.6. The van der Waals surface area contributed by atoms with Crippen LogP contribution in [0.25, 0.3) is 10.9 Å². The van der Waals surface area contributed by atoms with Crippen molar-refractivity contribution in [3.05, 3.63) is 59.8 Å². The second-order valence-electron chi connectivity index (χ2n) is 8.52. The Labute approximate surface area is 188 Å². The van der Waals surface area contributed by atoms with Gasteiger partial charge in [0.05, 0.1) is 11.2 Å². The lowest BCUT2D eigenvalue weighted by Gasteiger charge is -2.38. The molecule has 0 saturated carbocycles. The molecule has 3 heterocycles. The minimum absolute atomic E-state index is 0.0818. The highest BCUT2D eigenvalue weighted by Gasteiger charge is 2.23. The number of anilines is 2. The topological polar surface area (TPSA) is 69.7 Å². The summed E-state index contributed by atoms with van der Waals surface area (Å²) in [6.07, 6.45) is 0. The van der Waals surface area contributed by atoms with E-state index >= 15 is 0 Å². The lowest BCUT2D eigenvalue weighted by atomic mass is 10.0. The van der Waals surface area contributed by atoms with Crippen molar-refractivity contribution in [2.45, 2.75) is 13.0 Å². The van der Waals surface area contributed by atoms with E-state index in [0.29, 0.717) is 0 Å². The Bertz CT molecular complexity index is 1140. The van der Waals surface area contributed by atoms with Gasteiger partial charge in [0.1, 0.15) is 5.75 Å². The molecule has 7 heteroatoms. The molecule has 7 nitrogen and oxygen atoms in total. The summed E-state index contributed by atoms with van der Waals surface area (Å²) in [5.74, 6) is 0.627. The maximum Gasteiger partial charge on any atom is 0.262 e. The Morgan fingerprint density at radius 2 is 1.97 bits per heavy atom. The number of pyridine rings is 1. The van der Waals surface area contributed by atoms with Gasteiger partial charge in [-0.2, -0.15) is 0 Å². The van der Waals surface area contributed by atoms with Crippen LogP contribution < -0.4 is 20.3 Å². The third-order valence-electron chi connectivity index (χ3n) is 6.39. The second kappa shape index (κ2) is 8.76. The zero-order valence-electron chi connectivity index (χ0n) is 18.6. The maximum absolute atomic E-state index is 11.7. The Kier molecular flexibility index (Phi) is 5.68. The highest BCUT2D eigenvalue weighted by Crippen LogP contribution is 2.31. The summed E-state index contributed by atoms with van der Waals surface area (Å²) < 4.78 is 5.49. The predicted octanol–water partition coefficient (Wildman–Crippen LogP) is 2.96. The van der Waals surface area contributed by atoms with Gasteiger partial charge in [0.2, 0.25) is 0 Å². The molecule has 2 aliphatic rings. The highest BCUT2D eigenvalue weighted by atomic mass is 16.5. The largest absolute Gasteiger partial charge is 0.482 e. The second-order valence-corrected chi connectivity index (χ2v) is 8.52. The summed E-state index contributed by atoms with van der Waals surface area (Å²) in [5, 5.41) is 7.57. The van der Waals surface area contributed by atoms with Crippen molar-refractivity contribution in [3.8, 4) is 5.75 Å². The number of fused-ring (bicyclic) bond motifs is 2. The van der Waals surface area contributed by atoms with Gasteiger partial charge in [-0.1, -0.05) is 12.1 Å². The number of nitrogens with zero attached hydrogens (tertiary/aromatic N) is 3. The molecule has 0 bridgehead atoms. The molecular formula is C25H29N5O2. The highest BCUT2D eigenvalue weighted by molar-refractivity contribution is 5.95. The molecule has 1 atom stereocenters. The Morgan fingerprint density at radius 1 is 1.12 bits per heavy atom. The van der Waals surface area contributed by atoms with E-state index in [1.54, 1.807) is 0 Å². The van der Waals surface area contributed by atoms with Crippen LogP contribution in [0.2, 0.25) is 0 Å². The van der Waals surface area contributed by atoms with Crippen LogP contribution in [0.5, 0.6) is 5.75 Å². The first-order valence-electron chi connectivity index (χ1n) is 11.2. The van der Waals surface area contributed by atoms with Crippen LogP contribution in [0.3, 0.4) is 0 Å². The van der Waals surface area contributed by atoms with Crippen LogP contribution >= 0.6 is 0 Å². The number of nitrogens with one attached hydrogen (secondary N) is 2. The summed E-state index contributed by atoms with van der Waals surface area (Å²) in [5.41, 5.74) is 5.28. The van der Waals surface area contributed by atoms with Crippen LogP contribution in [-0.4, -0.2) is 62.2 Å². The minimum Gasteiger partial charge on any atom is -0.482 e. The molecule has 1 unspecified atom stereocenters. The number of carbonyl (C=O) groups excluding carboxylic acids is 1. The average molecular weight is 432 g/mol. The number of rotatable bonds is 5. The summed E-state index contributed by atoms with van der Waals surface area (Å²) >= 11 is 0. The third kappa shape index (κ3) is 4.13. The van der Waals surface area contributed by atoms with Crippen LogP contribution in [0.4, 0.5) is 11.4 Å². The van der Waals surface area contributed by atoms with Gasteiger partial charge in [-0.15, -0.1) is 0 Å². The molecule has 1 saturated heterocycles. The van der Waals surface area contributed by atoms with Crippen LogP contribution in [0.15, 0.2) is 48.5 Å². The van der Waals surface area contributed by atoms with E-state index in [1.807, 2.05) is 26.1 Å². The number of amides is 1. The number of aryl methyl sites for hydroxylation is 1. The molecule has 166 valence electrons. The average Bonchev–Trinajstić information content (AvgIpc) is 2.82. The molecule has 1 amide bonds. The van der Waals surface area contributed by atoms with E-state index in [0.717, 1.165) is 60.9 Å². The summed E-state index contributed by atoms with van der Waals surface area (Å²) in [7, 11) is 1.99. The smallest absolute Gasteiger partial charge is 0.262 e. The molecule has 3 aromatic rings. The normalized spacial score (nSPS) is 17.6. The van der Waals surface area contributed by atoms with Crippen molar-refractivity contribution >= 4 is 28.2 Å². The number of ether oxygens (including phenoxy) is 1. The first-order valence-corrected chi connectivity index (χ1v) is 11.2. The number of aromatic nitrogens is 1. The zero-order chi connectivity index (χ0) is 22.1. The molecule has 2 aromatic carbocycles. The van der Waals surface area contributed by atoms with Gasteiger partial charge < -0.3 is 20.3 Å². The molecule has 0 radical (unpaired) electrons. The number of hydrogen-bond acceptors (Lipinski definition) is 6. The first kappa shape index (κ1) is 20.7. The van der Waals surface area contributed by atoms with Crippen LogP contribution in [-0.2, 0) is 4.79 Å². The number of hydrogen-bond donors (Lipinski definition) is 2. The standard InChI is InChI=1S/C25H29N5O2/c1-17-6-8-19-20(27-17)4-3-5-23(19)30-12-10-29(11-13-30)15-22(26-2)18-7-9-24-21(14-18)28-25(31)16-32-24/h3-9,14,22,26H,10-13,15-16H2,1-2H3,(H,28,31). The summed E-state index contributed by atoms with van der Waals surface area (Å²) in [6.45, 7) is 6.99. The summed E-state index contributed by atoms with van der Waals surface area (Å²) in [4.78, 5) is 21.3. The number of likely N-dealkylation sites (N-methyl/N-ethyl adjacent to an activating group) is 1. The van der Waals surface area contributed by atoms with E-state index in [2.05, 4.69) is 61.8 Å². The van der Waals surface area contributed by atoms with Crippen molar-refractivity contribution < 1.29 is 9.53 Å². The van der Waals surface area contributed by atoms with Crippen molar-refractivity contribution in [1.82, 2.24) is 15.2 Å². The lowest BCUT2D eigenvalue weighted by molar-refractivity contribution is -0.118. The Morgan fingerprint density at radius 3 is 2.78 bits per heavy atom. The monoisotopic (exact) mass is 431 g/mol. The quantitative estimate of drug-likeness (QED) is 0.647. The van der Waals surface area contributed by atoms with Gasteiger partial charge in [-0.25, -0.2) is 0 Å². The zero-order valence-corrected chi connectivity index (χ0v) is 18.6. The van der Waals surface area contributed by atoms with Crippen molar-refractivity contribution in [2.24, 2.45) is 0 Å². The van der Waals surface area contributed by atoms with Gasteiger partial charge in [0, 0.05) is 55.5 Å². The molecule has 1 fully saturated rings. The van der Waals surface area contributed by atoms with E-state index in [1.165, 1.54) is 11.1 Å². The van der Waals surface area contributed by atoms with Gasteiger partial charge >= 0.3 is 0 Å². The van der Waals surface area contributed by atoms with E-state index in [-0.39, 0.29) is 18.6 Å². The predicted molar refractivity (Wildman–Crippen MR) is 128 cm³/mol. The van der Waals surface area contributed by atoms with E-state index in [9.17, 15) is 4.79 Å². The molecule has 32 heavy (non-hydrogen) atoms. The van der Waals surface area contributed by atoms with E-state index < -0.39 is 0 Å². The molecule has 1 aromatic heterocycles. The SMILES string of the molecule is CNC(CN1CCN(c2cccc3nc(C)ccc23)CC1)c1ccc2c(c1)NC(=O)CO2. The number of benzene rings is 2. The molecule has 0 aliphatic carbocycles. The van der Waals surface area contributed by atoms with Gasteiger partial charge in [0.25, 0.3) is 5.91 Å².